The second-order valence-corrected chi connectivity index (χ2v) is 8.03. The SMILES string of the molecule is CCCCc1ccc(N2CC(C(=O)NCCn3ccc4ccccc43)CC2=O)cc1. The summed E-state index contributed by atoms with van der Waals surface area (Å²) in [6.07, 6.45) is 5.72. The summed E-state index contributed by atoms with van der Waals surface area (Å²) in [5, 5.41) is 4.21. The van der Waals surface area contributed by atoms with Gasteiger partial charge in [-0.3, -0.25) is 9.59 Å². The Bertz CT molecular complexity index is 1020. The van der Waals surface area contributed by atoms with Crippen molar-refractivity contribution in [2.75, 3.05) is 18.0 Å². The van der Waals surface area contributed by atoms with E-state index in [1.807, 2.05) is 30.5 Å². The van der Waals surface area contributed by atoms with Crippen molar-refractivity contribution in [3.05, 3.63) is 66.4 Å². The van der Waals surface area contributed by atoms with E-state index in [1.54, 1.807) is 4.90 Å². The predicted molar refractivity (Wildman–Crippen MR) is 120 cm³/mol. The van der Waals surface area contributed by atoms with Crippen molar-refractivity contribution in [2.24, 2.45) is 5.92 Å². The number of aromatic nitrogens is 1. The fourth-order valence-corrected chi connectivity index (χ4v) is 4.14. The summed E-state index contributed by atoms with van der Waals surface area (Å²) < 4.78 is 2.14. The van der Waals surface area contributed by atoms with Crippen LogP contribution in [0.3, 0.4) is 0 Å². The Hall–Kier alpha value is -3.08. The van der Waals surface area contributed by atoms with Crippen molar-refractivity contribution >= 4 is 28.4 Å². The first-order valence-electron chi connectivity index (χ1n) is 10.9. The van der Waals surface area contributed by atoms with Crippen LogP contribution in [0.15, 0.2) is 60.8 Å². The first-order chi connectivity index (χ1) is 14.7. The summed E-state index contributed by atoms with van der Waals surface area (Å²) in [4.78, 5) is 26.9. The number of amides is 2. The maximum absolute atomic E-state index is 12.6. The monoisotopic (exact) mass is 403 g/mol. The number of aryl methyl sites for hydroxylation is 1. The highest BCUT2D eigenvalue weighted by Crippen LogP contribution is 2.26. The fraction of sp³-hybridized carbons (Fsp3) is 0.360. The molecule has 1 aromatic heterocycles. The highest BCUT2D eigenvalue weighted by atomic mass is 16.2. The number of hydrogen-bond donors (Lipinski definition) is 1. The number of rotatable bonds is 8. The van der Waals surface area contributed by atoms with Gasteiger partial charge in [-0.1, -0.05) is 43.7 Å². The highest BCUT2D eigenvalue weighted by molar-refractivity contribution is 6.00. The molecule has 0 spiro atoms. The van der Waals surface area contributed by atoms with Gasteiger partial charge in [0.15, 0.2) is 0 Å². The van der Waals surface area contributed by atoms with E-state index in [4.69, 9.17) is 0 Å². The van der Waals surface area contributed by atoms with Crippen LogP contribution in [0.1, 0.15) is 31.7 Å². The van der Waals surface area contributed by atoms with Gasteiger partial charge in [0, 0.05) is 43.5 Å². The summed E-state index contributed by atoms with van der Waals surface area (Å²) >= 11 is 0. The van der Waals surface area contributed by atoms with Crippen molar-refractivity contribution < 1.29 is 9.59 Å². The lowest BCUT2D eigenvalue weighted by atomic mass is 10.1. The van der Waals surface area contributed by atoms with Gasteiger partial charge < -0.3 is 14.8 Å². The van der Waals surface area contributed by atoms with Gasteiger partial charge in [0.05, 0.1) is 5.92 Å². The van der Waals surface area contributed by atoms with Gasteiger partial charge >= 0.3 is 0 Å². The van der Waals surface area contributed by atoms with Gasteiger partial charge in [0.2, 0.25) is 11.8 Å². The lowest BCUT2D eigenvalue weighted by molar-refractivity contribution is -0.126. The number of anilines is 1. The van der Waals surface area contributed by atoms with Gasteiger partial charge in [-0.05, 0) is 48.1 Å². The summed E-state index contributed by atoms with van der Waals surface area (Å²) in [6.45, 7) is 3.89. The van der Waals surface area contributed by atoms with Crippen LogP contribution in [0.5, 0.6) is 0 Å². The predicted octanol–water partition coefficient (Wildman–Crippen LogP) is 4.15. The minimum absolute atomic E-state index is 0.0212. The molecule has 1 fully saturated rings. The molecule has 1 atom stereocenters. The molecule has 2 aromatic carbocycles. The van der Waals surface area contributed by atoms with E-state index in [-0.39, 0.29) is 24.2 Å². The molecule has 4 rings (SSSR count). The van der Waals surface area contributed by atoms with Crippen LogP contribution in [-0.2, 0) is 22.6 Å². The van der Waals surface area contributed by atoms with E-state index in [1.165, 1.54) is 23.8 Å². The Kier molecular flexibility index (Phi) is 6.17. The number of carbonyl (C=O) groups is 2. The van der Waals surface area contributed by atoms with Crippen LogP contribution < -0.4 is 10.2 Å². The molecule has 156 valence electrons. The highest BCUT2D eigenvalue weighted by Gasteiger charge is 2.34. The number of nitrogens with zero attached hydrogens (tertiary/aromatic N) is 2. The maximum atomic E-state index is 12.6. The Labute approximate surface area is 177 Å². The average molecular weight is 404 g/mol. The first kappa shape index (κ1) is 20.2. The van der Waals surface area contributed by atoms with Crippen LogP contribution in [-0.4, -0.2) is 29.5 Å². The Balaban J connectivity index is 1.30. The molecular formula is C25H29N3O2. The van der Waals surface area contributed by atoms with Gasteiger partial charge in [-0.25, -0.2) is 0 Å². The number of hydrogen-bond acceptors (Lipinski definition) is 2. The lowest BCUT2D eigenvalue weighted by Crippen LogP contribution is -2.34. The van der Waals surface area contributed by atoms with Crippen molar-refractivity contribution in [2.45, 2.75) is 39.2 Å². The minimum Gasteiger partial charge on any atom is -0.354 e. The van der Waals surface area contributed by atoms with Crippen LogP contribution in [0, 0.1) is 5.92 Å². The molecule has 1 aliphatic heterocycles. The van der Waals surface area contributed by atoms with E-state index in [0.29, 0.717) is 19.6 Å². The standard InChI is InChI=1S/C25H29N3O2/c1-2-3-6-19-9-11-22(12-10-19)28-18-21(17-24(28)29)25(30)26-14-16-27-15-13-20-7-4-5-8-23(20)27/h4-5,7-13,15,21H,2-3,6,14,16-18H2,1H3,(H,26,30). The number of fused-ring (bicyclic) bond motifs is 1. The number of carbonyl (C=O) groups excluding carboxylic acids is 2. The van der Waals surface area contributed by atoms with Gasteiger partial charge in [0.25, 0.3) is 0 Å². The van der Waals surface area contributed by atoms with Crippen molar-refractivity contribution in [3.8, 4) is 0 Å². The van der Waals surface area contributed by atoms with E-state index in [2.05, 4.69) is 47.1 Å². The smallest absolute Gasteiger partial charge is 0.227 e. The first-order valence-corrected chi connectivity index (χ1v) is 10.9. The molecule has 1 saturated heterocycles. The Morgan fingerprint density at radius 2 is 1.90 bits per heavy atom. The molecule has 2 heterocycles. The van der Waals surface area contributed by atoms with Gasteiger partial charge in [-0.15, -0.1) is 0 Å². The third-order valence-electron chi connectivity index (χ3n) is 5.90. The van der Waals surface area contributed by atoms with Crippen molar-refractivity contribution in [3.63, 3.8) is 0 Å². The number of nitrogens with one attached hydrogen (secondary N) is 1. The van der Waals surface area contributed by atoms with E-state index < -0.39 is 0 Å². The summed E-state index contributed by atoms with van der Waals surface area (Å²) in [5.41, 5.74) is 3.34. The van der Waals surface area contributed by atoms with Gasteiger partial charge in [-0.2, -0.15) is 0 Å². The van der Waals surface area contributed by atoms with Crippen LogP contribution >= 0.6 is 0 Å². The van der Waals surface area contributed by atoms with Gasteiger partial charge in [0.1, 0.15) is 0 Å². The van der Waals surface area contributed by atoms with Crippen molar-refractivity contribution in [1.82, 2.24) is 9.88 Å². The molecule has 0 bridgehead atoms. The molecule has 1 N–H and O–H groups in total. The fourth-order valence-electron chi connectivity index (χ4n) is 4.14. The Morgan fingerprint density at radius 3 is 2.70 bits per heavy atom. The van der Waals surface area contributed by atoms with E-state index in [9.17, 15) is 9.59 Å². The van der Waals surface area contributed by atoms with E-state index >= 15 is 0 Å². The van der Waals surface area contributed by atoms with Crippen molar-refractivity contribution in [1.29, 1.82) is 0 Å². The molecule has 2 amide bonds. The molecule has 3 aromatic rings. The van der Waals surface area contributed by atoms with Crippen LogP contribution in [0.2, 0.25) is 0 Å². The third kappa shape index (κ3) is 4.40. The maximum Gasteiger partial charge on any atom is 0.227 e. The third-order valence-corrected chi connectivity index (χ3v) is 5.90. The average Bonchev–Trinajstić information content (AvgIpc) is 3.36. The second-order valence-electron chi connectivity index (χ2n) is 8.03. The normalized spacial score (nSPS) is 16.4. The molecule has 5 nitrogen and oxygen atoms in total. The molecule has 1 aliphatic rings. The molecule has 0 aliphatic carbocycles. The molecular weight excluding hydrogens is 374 g/mol. The number of para-hydroxylation sites is 1. The zero-order valence-corrected chi connectivity index (χ0v) is 17.5. The Morgan fingerprint density at radius 1 is 1.10 bits per heavy atom. The summed E-state index contributed by atoms with van der Waals surface area (Å²) in [5.74, 6) is -0.312. The molecule has 5 heteroatoms. The lowest BCUT2D eigenvalue weighted by Gasteiger charge is -2.17. The molecule has 0 radical (unpaired) electrons. The minimum atomic E-state index is -0.293. The summed E-state index contributed by atoms with van der Waals surface area (Å²) in [6, 6.07) is 18.5. The molecule has 1 unspecified atom stereocenters. The topological polar surface area (TPSA) is 54.3 Å². The quantitative estimate of drug-likeness (QED) is 0.614. The molecule has 30 heavy (non-hydrogen) atoms. The largest absolute Gasteiger partial charge is 0.354 e. The number of benzene rings is 2. The van der Waals surface area contributed by atoms with E-state index in [0.717, 1.165) is 17.6 Å². The van der Waals surface area contributed by atoms with Crippen LogP contribution in [0.25, 0.3) is 10.9 Å². The zero-order valence-electron chi connectivity index (χ0n) is 17.5. The van der Waals surface area contributed by atoms with Crippen LogP contribution in [0.4, 0.5) is 5.69 Å². The number of unbranched alkanes of at least 4 members (excludes halogenated alkanes) is 1. The zero-order chi connectivity index (χ0) is 20.9. The summed E-state index contributed by atoms with van der Waals surface area (Å²) in [7, 11) is 0. The second kappa shape index (κ2) is 9.16. The molecule has 0 saturated carbocycles.